The van der Waals surface area contributed by atoms with Gasteiger partial charge in [-0.3, -0.25) is 4.79 Å². The van der Waals surface area contributed by atoms with Gasteiger partial charge in [-0.15, -0.1) is 5.10 Å². The van der Waals surface area contributed by atoms with Gasteiger partial charge in [0.15, 0.2) is 5.82 Å². The van der Waals surface area contributed by atoms with E-state index in [0.29, 0.717) is 17.9 Å². The zero-order valence-corrected chi connectivity index (χ0v) is 19.3. The van der Waals surface area contributed by atoms with Crippen LogP contribution in [0.4, 0.5) is 5.69 Å². The minimum absolute atomic E-state index is 0.0917. The van der Waals surface area contributed by atoms with E-state index in [1.807, 2.05) is 22.9 Å². The van der Waals surface area contributed by atoms with Crippen LogP contribution in [0.25, 0.3) is 10.9 Å². The van der Waals surface area contributed by atoms with Crippen LogP contribution in [-0.2, 0) is 17.7 Å². The minimum atomic E-state index is -0.411. The highest BCUT2D eigenvalue weighted by Gasteiger charge is 2.34. The highest BCUT2D eigenvalue weighted by Crippen LogP contribution is 2.36. The van der Waals surface area contributed by atoms with Gasteiger partial charge in [0.2, 0.25) is 0 Å². The molecule has 174 valence electrons. The van der Waals surface area contributed by atoms with Crippen LogP contribution in [0.3, 0.4) is 0 Å². The Balaban J connectivity index is 1.53. The van der Waals surface area contributed by atoms with Crippen molar-refractivity contribution in [3.8, 4) is 0 Å². The molecule has 0 bridgehead atoms. The molecule has 0 saturated carbocycles. The first-order valence-corrected chi connectivity index (χ1v) is 12.0. The van der Waals surface area contributed by atoms with E-state index in [1.165, 1.54) is 5.56 Å². The van der Waals surface area contributed by atoms with Crippen molar-refractivity contribution in [2.75, 3.05) is 18.1 Å². The number of aromatic nitrogens is 5. The number of pyridine rings is 1. The summed E-state index contributed by atoms with van der Waals surface area (Å²) in [4.78, 5) is 18.9. The Kier molecular flexibility index (Phi) is 5.37. The van der Waals surface area contributed by atoms with Crippen molar-refractivity contribution in [1.29, 1.82) is 0 Å². The van der Waals surface area contributed by atoms with E-state index >= 15 is 0 Å². The summed E-state index contributed by atoms with van der Waals surface area (Å²) in [6, 6.07) is 16.1. The number of hydrogen-bond donors (Lipinski definition) is 1. The number of nitrogens with zero attached hydrogens (tertiary/aromatic N) is 5. The number of anilines is 1. The summed E-state index contributed by atoms with van der Waals surface area (Å²) in [6.07, 6.45) is 4.16. The number of nitrogens with one attached hydrogen (secondary N) is 1. The fourth-order valence-corrected chi connectivity index (χ4v) is 5.34. The number of aryl methyl sites for hydroxylation is 2. The predicted octanol–water partition coefficient (Wildman–Crippen LogP) is 3.54. The van der Waals surface area contributed by atoms with Crippen LogP contribution < -0.4 is 10.5 Å². The van der Waals surface area contributed by atoms with Crippen molar-refractivity contribution in [1.82, 2.24) is 25.2 Å². The SMILES string of the molecule is Cc1ccc2[nH]c(=O)c([C@H](c3nnnn3C[C@@H]3CCCO3)N3CCCc4ccccc43)cc2c1. The van der Waals surface area contributed by atoms with Crippen LogP contribution >= 0.6 is 0 Å². The van der Waals surface area contributed by atoms with Crippen molar-refractivity contribution >= 4 is 16.6 Å². The molecule has 0 aliphatic carbocycles. The van der Waals surface area contributed by atoms with Gasteiger partial charge in [-0.05, 0) is 78.2 Å². The van der Waals surface area contributed by atoms with Gasteiger partial charge in [0.25, 0.3) is 5.56 Å². The Morgan fingerprint density at radius 3 is 2.97 bits per heavy atom. The van der Waals surface area contributed by atoms with Crippen molar-refractivity contribution in [2.24, 2.45) is 0 Å². The number of hydrogen-bond acceptors (Lipinski definition) is 6. The van der Waals surface area contributed by atoms with Crippen LogP contribution in [0, 0.1) is 6.92 Å². The fraction of sp³-hybridized carbons (Fsp3) is 0.385. The molecular formula is C26H28N6O2. The quantitative estimate of drug-likeness (QED) is 0.494. The molecule has 0 spiro atoms. The summed E-state index contributed by atoms with van der Waals surface area (Å²) in [5.41, 5.74) is 4.93. The maximum Gasteiger partial charge on any atom is 0.254 e. The number of rotatable bonds is 5. The van der Waals surface area contributed by atoms with Crippen molar-refractivity contribution < 1.29 is 4.74 Å². The second-order valence-corrected chi connectivity index (χ2v) is 9.33. The minimum Gasteiger partial charge on any atom is -0.376 e. The van der Waals surface area contributed by atoms with E-state index in [4.69, 9.17) is 4.74 Å². The van der Waals surface area contributed by atoms with Gasteiger partial charge < -0.3 is 14.6 Å². The number of benzene rings is 2. The normalized spacial score (nSPS) is 18.9. The third-order valence-electron chi connectivity index (χ3n) is 6.99. The summed E-state index contributed by atoms with van der Waals surface area (Å²) < 4.78 is 7.70. The lowest BCUT2D eigenvalue weighted by Crippen LogP contribution is -2.39. The average Bonchev–Trinajstić information content (AvgIpc) is 3.53. The molecule has 6 rings (SSSR count). The molecule has 1 saturated heterocycles. The Hall–Kier alpha value is -3.52. The van der Waals surface area contributed by atoms with Crippen molar-refractivity contribution in [3.63, 3.8) is 0 Å². The van der Waals surface area contributed by atoms with E-state index in [-0.39, 0.29) is 11.7 Å². The first-order valence-electron chi connectivity index (χ1n) is 12.0. The molecule has 1 N–H and O–H groups in total. The van der Waals surface area contributed by atoms with E-state index < -0.39 is 6.04 Å². The molecule has 2 aliphatic heterocycles. The molecule has 0 amide bonds. The zero-order valence-electron chi connectivity index (χ0n) is 19.3. The van der Waals surface area contributed by atoms with E-state index in [9.17, 15) is 4.79 Å². The smallest absolute Gasteiger partial charge is 0.254 e. The Labute approximate surface area is 197 Å². The van der Waals surface area contributed by atoms with Crippen LogP contribution in [0.1, 0.15) is 47.8 Å². The van der Waals surface area contributed by atoms with Crippen LogP contribution in [-0.4, -0.2) is 44.4 Å². The lowest BCUT2D eigenvalue weighted by Gasteiger charge is -2.37. The lowest BCUT2D eigenvalue weighted by atomic mass is 9.96. The highest BCUT2D eigenvalue weighted by atomic mass is 16.5. The molecule has 0 unspecified atom stereocenters. The maximum atomic E-state index is 13.5. The number of H-pyrrole nitrogens is 1. The van der Waals surface area contributed by atoms with Crippen LogP contribution in [0.5, 0.6) is 0 Å². The lowest BCUT2D eigenvalue weighted by molar-refractivity contribution is 0.0924. The van der Waals surface area contributed by atoms with Crippen LogP contribution in [0.15, 0.2) is 53.3 Å². The van der Waals surface area contributed by atoms with Gasteiger partial charge >= 0.3 is 0 Å². The molecule has 8 heteroatoms. The van der Waals surface area contributed by atoms with Crippen molar-refractivity contribution in [2.45, 2.75) is 51.3 Å². The molecular weight excluding hydrogens is 428 g/mol. The van der Waals surface area contributed by atoms with Gasteiger partial charge in [0, 0.05) is 29.9 Å². The number of fused-ring (bicyclic) bond motifs is 2. The number of aromatic amines is 1. The first-order chi connectivity index (χ1) is 16.7. The van der Waals surface area contributed by atoms with E-state index in [2.05, 4.69) is 62.7 Å². The second-order valence-electron chi connectivity index (χ2n) is 9.33. The van der Waals surface area contributed by atoms with E-state index in [0.717, 1.165) is 61.0 Å². The summed E-state index contributed by atoms with van der Waals surface area (Å²) in [5, 5.41) is 13.8. The third-order valence-corrected chi connectivity index (χ3v) is 6.99. The number of para-hydroxylation sites is 1. The summed E-state index contributed by atoms with van der Waals surface area (Å²) in [7, 11) is 0. The monoisotopic (exact) mass is 456 g/mol. The molecule has 4 aromatic rings. The zero-order chi connectivity index (χ0) is 23.1. The van der Waals surface area contributed by atoms with Gasteiger partial charge in [0.1, 0.15) is 6.04 Å². The molecule has 1 fully saturated rings. The Bertz CT molecular complexity index is 1390. The first kappa shape index (κ1) is 21.0. The second kappa shape index (κ2) is 8.68. The Morgan fingerprint density at radius 2 is 2.09 bits per heavy atom. The molecule has 2 atom stereocenters. The molecule has 8 nitrogen and oxygen atoms in total. The van der Waals surface area contributed by atoms with Crippen LogP contribution in [0.2, 0.25) is 0 Å². The standard InChI is InChI=1S/C26H28N6O2/c1-17-10-11-22-19(14-17)15-21(26(33)27-22)24(31-12-4-7-18-6-2-3-9-23(18)31)25-28-29-30-32(25)16-20-8-5-13-34-20/h2-3,6,9-11,14-15,20,24H,4-5,7-8,12-13,16H2,1H3,(H,27,33)/t20-,24+/m0/s1. The molecule has 2 aliphatic rings. The summed E-state index contributed by atoms with van der Waals surface area (Å²) >= 11 is 0. The highest BCUT2D eigenvalue weighted by molar-refractivity contribution is 5.80. The third kappa shape index (κ3) is 3.77. The Morgan fingerprint density at radius 1 is 1.18 bits per heavy atom. The molecule has 0 radical (unpaired) electrons. The fourth-order valence-electron chi connectivity index (χ4n) is 5.34. The van der Waals surface area contributed by atoms with Crippen molar-refractivity contribution in [3.05, 3.63) is 81.4 Å². The van der Waals surface area contributed by atoms with Gasteiger partial charge in [-0.25, -0.2) is 4.68 Å². The molecule has 2 aromatic heterocycles. The summed E-state index contributed by atoms with van der Waals surface area (Å²) in [6.45, 7) is 4.23. The topological polar surface area (TPSA) is 88.9 Å². The number of ether oxygens (including phenoxy) is 1. The van der Waals surface area contributed by atoms with Gasteiger partial charge in [0.05, 0.1) is 12.6 Å². The average molecular weight is 457 g/mol. The molecule has 4 heterocycles. The molecule has 34 heavy (non-hydrogen) atoms. The number of tetrazole rings is 1. The largest absolute Gasteiger partial charge is 0.376 e. The van der Waals surface area contributed by atoms with E-state index in [1.54, 1.807) is 0 Å². The molecule has 2 aromatic carbocycles. The predicted molar refractivity (Wildman–Crippen MR) is 130 cm³/mol. The van der Waals surface area contributed by atoms with Gasteiger partial charge in [-0.2, -0.15) is 0 Å². The summed E-state index contributed by atoms with van der Waals surface area (Å²) in [5.74, 6) is 0.671. The van der Waals surface area contributed by atoms with Gasteiger partial charge in [-0.1, -0.05) is 29.8 Å². The maximum absolute atomic E-state index is 13.5.